The highest BCUT2D eigenvalue weighted by Gasteiger charge is 2.40. The standard InChI is InChI=1S/C20H23ClFN5O4/c1-20(2,3)31-19(28)16-17(22)23-10-11-26(16)13-7-5-4-6-12(13)24-18-14(27(29)30)8-9-15(21)25-18/h4-9,16-17,23H,10-11H2,1-3H3,(H,24,25). The Hall–Kier alpha value is -2.98. The van der Waals surface area contributed by atoms with Crippen molar-refractivity contribution in [1.82, 2.24) is 10.3 Å². The molecule has 1 fully saturated rings. The van der Waals surface area contributed by atoms with Gasteiger partial charge >= 0.3 is 11.7 Å². The maximum absolute atomic E-state index is 14.8. The number of alkyl halides is 1. The summed E-state index contributed by atoms with van der Waals surface area (Å²) < 4.78 is 20.2. The van der Waals surface area contributed by atoms with Crippen molar-refractivity contribution < 1.29 is 18.8 Å². The number of esters is 1. The Morgan fingerprint density at radius 2 is 2.06 bits per heavy atom. The molecule has 0 saturated carbocycles. The van der Waals surface area contributed by atoms with Crippen LogP contribution < -0.4 is 15.5 Å². The van der Waals surface area contributed by atoms with Crippen molar-refractivity contribution in [3.63, 3.8) is 0 Å². The minimum atomic E-state index is -1.66. The number of carbonyl (C=O) groups is 1. The molecular formula is C20H23ClFN5O4. The van der Waals surface area contributed by atoms with E-state index in [-0.39, 0.29) is 16.7 Å². The molecule has 0 bridgehead atoms. The average molecular weight is 452 g/mol. The van der Waals surface area contributed by atoms with Gasteiger partial charge in [0.25, 0.3) is 0 Å². The van der Waals surface area contributed by atoms with Crippen molar-refractivity contribution >= 4 is 40.5 Å². The molecule has 2 atom stereocenters. The van der Waals surface area contributed by atoms with E-state index in [0.717, 1.165) is 0 Å². The summed E-state index contributed by atoms with van der Waals surface area (Å²) in [6.45, 7) is 5.73. The number of anilines is 3. The summed E-state index contributed by atoms with van der Waals surface area (Å²) in [7, 11) is 0. The first kappa shape index (κ1) is 22.7. The van der Waals surface area contributed by atoms with Crippen molar-refractivity contribution in [3.05, 3.63) is 51.7 Å². The highest BCUT2D eigenvalue weighted by molar-refractivity contribution is 6.29. The van der Waals surface area contributed by atoms with Crippen molar-refractivity contribution in [1.29, 1.82) is 0 Å². The summed E-state index contributed by atoms with van der Waals surface area (Å²) in [5, 5.41) is 17.0. The minimum Gasteiger partial charge on any atom is -0.458 e. The molecule has 9 nitrogen and oxygen atoms in total. The lowest BCUT2D eigenvalue weighted by Gasteiger charge is -2.40. The lowest BCUT2D eigenvalue weighted by molar-refractivity contribution is -0.384. The van der Waals surface area contributed by atoms with E-state index in [1.54, 1.807) is 49.9 Å². The molecule has 0 spiro atoms. The normalized spacial score (nSPS) is 19.1. The van der Waals surface area contributed by atoms with Gasteiger partial charge in [0.2, 0.25) is 5.82 Å². The molecule has 1 aromatic heterocycles. The SMILES string of the molecule is CC(C)(C)OC(=O)C1C(F)NCCN1c1ccccc1Nc1nc(Cl)ccc1[N+](=O)[O-]. The highest BCUT2D eigenvalue weighted by Crippen LogP contribution is 2.35. The zero-order chi connectivity index (χ0) is 22.8. The lowest BCUT2D eigenvalue weighted by Crippen LogP contribution is -2.61. The van der Waals surface area contributed by atoms with Gasteiger partial charge in [0.15, 0.2) is 12.3 Å². The van der Waals surface area contributed by atoms with E-state index >= 15 is 0 Å². The first-order valence-electron chi connectivity index (χ1n) is 9.61. The van der Waals surface area contributed by atoms with Crippen LogP contribution in [0.15, 0.2) is 36.4 Å². The molecule has 31 heavy (non-hydrogen) atoms. The molecule has 2 aromatic rings. The van der Waals surface area contributed by atoms with Gasteiger partial charge in [0, 0.05) is 19.2 Å². The molecule has 1 aliphatic heterocycles. The van der Waals surface area contributed by atoms with Crippen LogP contribution >= 0.6 is 11.6 Å². The summed E-state index contributed by atoms with van der Waals surface area (Å²) in [4.78, 5) is 29.2. The van der Waals surface area contributed by atoms with E-state index in [1.165, 1.54) is 12.1 Å². The van der Waals surface area contributed by atoms with E-state index in [2.05, 4.69) is 15.6 Å². The smallest absolute Gasteiger partial charge is 0.333 e. The number of benzene rings is 1. The molecule has 1 aliphatic rings. The van der Waals surface area contributed by atoms with Crippen molar-refractivity contribution in [3.8, 4) is 0 Å². The van der Waals surface area contributed by atoms with Crippen molar-refractivity contribution in [2.75, 3.05) is 23.3 Å². The predicted octanol–water partition coefficient (Wildman–Crippen LogP) is 3.80. The molecule has 11 heteroatoms. The average Bonchev–Trinajstić information content (AvgIpc) is 2.66. The molecule has 0 radical (unpaired) electrons. The van der Waals surface area contributed by atoms with E-state index < -0.39 is 28.8 Å². The molecule has 2 heterocycles. The molecule has 1 aromatic carbocycles. The van der Waals surface area contributed by atoms with Gasteiger partial charge in [-0.2, -0.15) is 0 Å². The topological polar surface area (TPSA) is 110 Å². The van der Waals surface area contributed by atoms with E-state index in [4.69, 9.17) is 16.3 Å². The van der Waals surface area contributed by atoms with Crippen molar-refractivity contribution in [2.24, 2.45) is 0 Å². The Kier molecular flexibility index (Phi) is 6.61. The third kappa shape index (κ3) is 5.39. The number of pyridine rings is 1. The third-order valence-corrected chi connectivity index (χ3v) is 4.67. The van der Waals surface area contributed by atoms with Crippen LogP contribution in [0.2, 0.25) is 5.15 Å². The van der Waals surface area contributed by atoms with Gasteiger partial charge < -0.3 is 15.0 Å². The molecule has 2 unspecified atom stereocenters. The number of rotatable bonds is 5. The Bertz CT molecular complexity index is 984. The Labute approximate surface area is 183 Å². The Balaban J connectivity index is 1.99. The maximum Gasteiger partial charge on any atom is 0.333 e. The van der Waals surface area contributed by atoms with Crippen LogP contribution in [0.5, 0.6) is 0 Å². The fourth-order valence-electron chi connectivity index (χ4n) is 3.24. The van der Waals surface area contributed by atoms with Gasteiger partial charge in [0.1, 0.15) is 10.8 Å². The Morgan fingerprint density at radius 3 is 2.74 bits per heavy atom. The van der Waals surface area contributed by atoms with Crippen LogP contribution in [0.1, 0.15) is 20.8 Å². The monoisotopic (exact) mass is 451 g/mol. The number of halogens is 2. The predicted molar refractivity (Wildman–Crippen MR) is 116 cm³/mol. The Morgan fingerprint density at radius 1 is 1.35 bits per heavy atom. The fraction of sp³-hybridized carbons (Fsp3) is 0.400. The first-order valence-corrected chi connectivity index (χ1v) is 9.98. The molecule has 0 amide bonds. The van der Waals surface area contributed by atoms with Gasteiger partial charge in [-0.15, -0.1) is 0 Å². The summed E-state index contributed by atoms with van der Waals surface area (Å²) >= 11 is 5.92. The molecule has 2 N–H and O–H groups in total. The number of aromatic nitrogens is 1. The number of nitrogens with zero attached hydrogens (tertiary/aromatic N) is 3. The number of hydrogen-bond donors (Lipinski definition) is 2. The molecular weight excluding hydrogens is 429 g/mol. The number of piperazine rings is 1. The second-order valence-electron chi connectivity index (χ2n) is 7.93. The number of ether oxygens (including phenoxy) is 1. The van der Waals surface area contributed by atoms with Gasteiger partial charge in [-0.1, -0.05) is 23.7 Å². The number of para-hydroxylation sites is 2. The van der Waals surface area contributed by atoms with Gasteiger partial charge in [-0.05, 0) is 39.0 Å². The molecule has 3 rings (SSSR count). The third-order valence-electron chi connectivity index (χ3n) is 4.46. The van der Waals surface area contributed by atoms with Crippen LogP contribution in [-0.2, 0) is 9.53 Å². The zero-order valence-corrected chi connectivity index (χ0v) is 18.0. The van der Waals surface area contributed by atoms with Crippen LogP contribution in [0, 0.1) is 10.1 Å². The van der Waals surface area contributed by atoms with Gasteiger partial charge in [-0.3, -0.25) is 15.4 Å². The number of hydrogen-bond acceptors (Lipinski definition) is 8. The van der Waals surface area contributed by atoms with Crippen LogP contribution in [0.25, 0.3) is 0 Å². The minimum absolute atomic E-state index is 0.0642. The zero-order valence-electron chi connectivity index (χ0n) is 17.3. The van der Waals surface area contributed by atoms with Crippen molar-refractivity contribution in [2.45, 2.75) is 38.7 Å². The van der Waals surface area contributed by atoms with E-state index in [1.807, 2.05) is 0 Å². The summed E-state index contributed by atoms with van der Waals surface area (Å²) in [5.41, 5.74) is -0.184. The fourth-order valence-corrected chi connectivity index (χ4v) is 3.38. The summed E-state index contributed by atoms with van der Waals surface area (Å²) in [5.74, 6) is -0.778. The van der Waals surface area contributed by atoms with E-state index in [9.17, 15) is 19.3 Å². The lowest BCUT2D eigenvalue weighted by atomic mass is 10.1. The largest absolute Gasteiger partial charge is 0.458 e. The molecule has 1 saturated heterocycles. The quantitative estimate of drug-likeness (QED) is 0.232. The highest BCUT2D eigenvalue weighted by atomic mass is 35.5. The molecule has 0 aliphatic carbocycles. The van der Waals surface area contributed by atoms with Crippen LogP contribution in [0.3, 0.4) is 0 Å². The second-order valence-corrected chi connectivity index (χ2v) is 8.32. The second kappa shape index (κ2) is 9.03. The maximum atomic E-state index is 14.8. The summed E-state index contributed by atoms with van der Waals surface area (Å²) in [6.07, 6.45) is -1.66. The number of nitro groups is 1. The van der Waals surface area contributed by atoms with Crippen LogP contribution in [0.4, 0.5) is 27.3 Å². The number of carbonyl (C=O) groups excluding carboxylic acids is 1. The van der Waals surface area contributed by atoms with E-state index in [0.29, 0.717) is 24.5 Å². The summed E-state index contributed by atoms with van der Waals surface area (Å²) in [6, 6.07) is 8.10. The van der Waals surface area contributed by atoms with Crippen LogP contribution in [-0.4, -0.2) is 46.9 Å². The first-order chi connectivity index (χ1) is 14.6. The van der Waals surface area contributed by atoms with Gasteiger partial charge in [0.05, 0.1) is 16.3 Å². The molecule has 166 valence electrons. The van der Waals surface area contributed by atoms with Gasteiger partial charge in [-0.25, -0.2) is 14.2 Å². The number of nitrogens with one attached hydrogen (secondary N) is 2.